The Bertz CT molecular complexity index is 353. The summed E-state index contributed by atoms with van der Waals surface area (Å²) >= 11 is 5.95. The number of urea groups is 1. The second kappa shape index (κ2) is 2.92. The second-order valence-corrected chi connectivity index (χ2v) is 3.44. The van der Waals surface area contributed by atoms with Crippen molar-refractivity contribution in [3.63, 3.8) is 0 Å². The van der Waals surface area contributed by atoms with E-state index in [-0.39, 0.29) is 12.1 Å². The molecule has 0 saturated carbocycles. The maximum absolute atomic E-state index is 10.8. The number of halogens is 1. The quantitative estimate of drug-likeness (QED) is 0.684. The first-order valence-electron chi connectivity index (χ1n) is 4.00. The van der Waals surface area contributed by atoms with Crippen LogP contribution in [0.3, 0.4) is 0 Å². The average molecular weight is 197 g/mol. The molecule has 2 amide bonds. The molecule has 1 atom stereocenters. The molecule has 3 nitrogen and oxygen atoms in total. The summed E-state index contributed by atoms with van der Waals surface area (Å²) in [6, 6.07) is 7.20. The number of primary amides is 1. The highest BCUT2D eigenvalue weighted by Crippen LogP contribution is 2.37. The van der Waals surface area contributed by atoms with Crippen molar-refractivity contribution in [2.75, 3.05) is 6.54 Å². The van der Waals surface area contributed by atoms with Crippen molar-refractivity contribution in [1.29, 1.82) is 0 Å². The van der Waals surface area contributed by atoms with Crippen LogP contribution in [0.5, 0.6) is 0 Å². The van der Waals surface area contributed by atoms with E-state index in [1.54, 1.807) is 4.90 Å². The molecule has 1 aliphatic rings. The molecular formula is C9H9ClN2O. The van der Waals surface area contributed by atoms with E-state index >= 15 is 0 Å². The molecule has 1 aromatic rings. The van der Waals surface area contributed by atoms with Crippen LogP contribution in [0.25, 0.3) is 0 Å². The van der Waals surface area contributed by atoms with E-state index in [2.05, 4.69) is 0 Å². The van der Waals surface area contributed by atoms with Crippen molar-refractivity contribution in [2.45, 2.75) is 6.04 Å². The lowest BCUT2D eigenvalue weighted by atomic mass is 10.2. The van der Waals surface area contributed by atoms with E-state index in [4.69, 9.17) is 17.3 Å². The Hall–Kier alpha value is -1.22. The molecule has 1 unspecified atom stereocenters. The number of nitrogens with two attached hydrogens (primary N) is 1. The Kier molecular flexibility index (Phi) is 1.88. The molecule has 4 heteroatoms. The third-order valence-electron chi connectivity index (χ3n) is 2.16. The Labute approximate surface area is 81.1 Å². The SMILES string of the molecule is NC(=O)N1CC1c1ccccc1Cl. The van der Waals surface area contributed by atoms with Gasteiger partial charge in [0.1, 0.15) is 0 Å². The summed E-state index contributed by atoms with van der Waals surface area (Å²) in [5.74, 6) is 0. The van der Waals surface area contributed by atoms with Gasteiger partial charge in [-0.2, -0.15) is 0 Å². The van der Waals surface area contributed by atoms with Crippen LogP contribution in [-0.4, -0.2) is 17.5 Å². The summed E-state index contributed by atoms with van der Waals surface area (Å²) in [4.78, 5) is 12.3. The number of carbonyl (C=O) groups is 1. The fourth-order valence-electron chi connectivity index (χ4n) is 1.39. The normalized spacial score (nSPS) is 20.1. The van der Waals surface area contributed by atoms with Crippen LogP contribution in [0.1, 0.15) is 11.6 Å². The maximum Gasteiger partial charge on any atom is 0.315 e. The third-order valence-corrected chi connectivity index (χ3v) is 2.50. The molecule has 1 fully saturated rings. The predicted octanol–water partition coefficient (Wildman–Crippen LogP) is 1.78. The molecule has 0 aliphatic carbocycles. The fourth-order valence-corrected chi connectivity index (χ4v) is 1.66. The Morgan fingerprint density at radius 1 is 1.54 bits per heavy atom. The monoisotopic (exact) mass is 196 g/mol. The lowest BCUT2D eigenvalue weighted by molar-refractivity contribution is 0.236. The zero-order valence-corrected chi connectivity index (χ0v) is 7.66. The van der Waals surface area contributed by atoms with E-state index in [0.29, 0.717) is 11.6 Å². The molecule has 1 heterocycles. The van der Waals surface area contributed by atoms with Gasteiger partial charge in [0.2, 0.25) is 0 Å². The number of amides is 2. The van der Waals surface area contributed by atoms with Gasteiger partial charge < -0.3 is 10.6 Å². The first kappa shape index (κ1) is 8.38. The summed E-state index contributed by atoms with van der Waals surface area (Å²) in [6.45, 7) is 0.680. The molecular weight excluding hydrogens is 188 g/mol. The summed E-state index contributed by atoms with van der Waals surface area (Å²) in [6.07, 6.45) is 0. The summed E-state index contributed by atoms with van der Waals surface area (Å²) in [5.41, 5.74) is 6.09. The molecule has 0 radical (unpaired) electrons. The minimum Gasteiger partial charge on any atom is -0.351 e. The van der Waals surface area contributed by atoms with Gasteiger partial charge in [-0.05, 0) is 11.6 Å². The summed E-state index contributed by atoms with van der Waals surface area (Å²) < 4.78 is 0. The van der Waals surface area contributed by atoms with Gasteiger partial charge >= 0.3 is 6.03 Å². The number of benzene rings is 1. The van der Waals surface area contributed by atoms with E-state index in [1.807, 2.05) is 24.3 Å². The van der Waals surface area contributed by atoms with Crippen molar-refractivity contribution in [3.05, 3.63) is 34.9 Å². The van der Waals surface area contributed by atoms with Crippen LogP contribution in [-0.2, 0) is 0 Å². The van der Waals surface area contributed by atoms with Crippen LogP contribution in [0.2, 0.25) is 5.02 Å². The minimum absolute atomic E-state index is 0.0891. The molecule has 1 aliphatic heterocycles. The topological polar surface area (TPSA) is 46.1 Å². The number of carbonyl (C=O) groups excluding carboxylic acids is 1. The molecule has 68 valence electrons. The van der Waals surface area contributed by atoms with Gasteiger partial charge in [0.15, 0.2) is 0 Å². The standard InChI is InChI=1S/C9H9ClN2O/c10-7-4-2-1-3-6(7)8-5-12(8)9(11)13/h1-4,8H,5H2,(H2,11,13). The molecule has 1 saturated heterocycles. The zero-order chi connectivity index (χ0) is 9.42. The van der Waals surface area contributed by atoms with Crippen LogP contribution in [0.4, 0.5) is 4.79 Å². The van der Waals surface area contributed by atoms with Crippen LogP contribution in [0, 0.1) is 0 Å². The number of rotatable bonds is 1. The van der Waals surface area contributed by atoms with Crippen molar-refractivity contribution < 1.29 is 4.79 Å². The summed E-state index contributed by atoms with van der Waals surface area (Å²) in [7, 11) is 0. The molecule has 0 spiro atoms. The van der Waals surface area contributed by atoms with Gasteiger partial charge in [-0.25, -0.2) is 4.79 Å². The second-order valence-electron chi connectivity index (χ2n) is 3.03. The van der Waals surface area contributed by atoms with E-state index in [0.717, 1.165) is 5.56 Å². The predicted molar refractivity (Wildman–Crippen MR) is 50.5 cm³/mol. The van der Waals surface area contributed by atoms with Crippen molar-refractivity contribution in [1.82, 2.24) is 4.90 Å². The van der Waals surface area contributed by atoms with Crippen LogP contribution >= 0.6 is 11.6 Å². The molecule has 0 aromatic heterocycles. The van der Waals surface area contributed by atoms with Crippen LogP contribution in [0.15, 0.2) is 24.3 Å². The minimum atomic E-state index is -0.384. The molecule has 2 rings (SSSR count). The van der Waals surface area contributed by atoms with Crippen molar-refractivity contribution in [3.8, 4) is 0 Å². The van der Waals surface area contributed by atoms with E-state index in [9.17, 15) is 4.79 Å². The smallest absolute Gasteiger partial charge is 0.315 e. The van der Waals surface area contributed by atoms with E-state index in [1.165, 1.54) is 0 Å². The average Bonchev–Trinajstić information content (AvgIpc) is 2.84. The molecule has 13 heavy (non-hydrogen) atoms. The fraction of sp³-hybridized carbons (Fsp3) is 0.222. The molecule has 0 bridgehead atoms. The number of nitrogens with zero attached hydrogens (tertiary/aromatic N) is 1. The van der Waals surface area contributed by atoms with Gasteiger partial charge in [-0.15, -0.1) is 0 Å². The van der Waals surface area contributed by atoms with Gasteiger partial charge in [0.05, 0.1) is 6.04 Å². The van der Waals surface area contributed by atoms with Gasteiger partial charge in [-0.1, -0.05) is 29.8 Å². The highest BCUT2D eigenvalue weighted by Gasteiger charge is 2.39. The maximum atomic E-state index is 10.8. The van der Waals surface area contributed by atoms with Crippen molar-refractivity contribution >= 4 is 17.6 Å². The van der Waals surface area contributed by atoms with Gasteiger partial charge in [-0.3, -0.25) is 0 Å². The van der Waals surface area contributed by atoms with Gasteiger partial charge in [0, 0.05) is 11.6 Å². The zero-order valence-electron chi connectivity index (χ0n) is 6.90. The van der Waals surface area contributed by atoms with Gasteiger partial charge in [0.25, 0.3) is 0 Å². The molecule has 2 N–H and O–H groups in total. The lowest BCUT2D eigenvalue weighted by Gasteiger charge is -2.02. The van der Waals surface area contributed by atoms with Crippen LogP contribution < -0.4 is 5.73 Å². The highest BCUT2D eigenvalue weighted by atomic mass is 35.5. The Morgan fingerprint density at radius 3 is 2.77 bits per heavy atom. The highest BCUT2D eigenvalue weighted by molar-refractivity contribution is 6.31. The van der Waals surface area contributed by atoms with E-state index < -0.39 is 0 Å². The third kappa shape index (κ3) is 1.47. The largest absolute Gasteiger partial charge is 0.351 e. The number of hydrogen-bond acceptors (Lipinski definition) is 1. The lowest BCUT2D eigenvalue weighted by Crippen LogP contribution is -2.19. The molecule has 1 aromatic carbocycles. The first-order chi connectivity index (χ1) is 6.20. The summed E-state index contributed by atoms with van der Waals surface area (Å²) in [5, 5.41) is 0.691. The Balaban J connectivity index is 2.21. The number of hydrogen-bond donors (Lipinski definition) is 1. The van der Waals surface area contributed by atoms with Crippen molar-refractivity contribution in [2.24, 2.45) is 5.73 Å². The first-order valence-corrected chi connectivity index (χ1v) is 4.38. The Morgan fingerprint density at radius 2 is 2.23 bits per heavy atom.